The van der Waals surface area contributed by atoms with Crippen molar-refractivity contribution in [2.45, 2.75) is 38.8 Å². The number of carbonyl (C=O) groups excluding carboxylic acids is 1. The topological polar surface area (TPSA) is 51.5 Å². The number of carbonyl (C=O) groups is 1. The van der Waals surface area contributed by atoms with Crippen LogP contribution >= 0.6 is 11.3 Å². The Morgan fingerprint density at radius 2 is 2.33 bits per heavy atom. The van der Waals surface area contributed by atoms with Crippen LogP contribution in [0, 0.1) is 0 Å². The number of fused-ring (bicyclic) bond motifs is 1. The summed E-state index contributed by atoms with van der Waals surface area (Å²) < 4.78 is 10.2. The Morgan fingerprint density at radius 1 is 1.48 bits per heavy atom. The number of furan rings is 1. The van der Waals surface area contributed by atoms with Gasteiger partial charge in [-0.25, -0.2) is 4.79 Å². The highest BCUT2D eigenvalue weighted by molar-refractivity contribution is 7.12. The predicted molar refractivity (Wildman–Crippen MR) is 81.6 cm³/mol. The van der Waals surface area contributed by atoms with E-state index in [0.717, 1.165) is 12.3 Å². The molecule has 0 aliphatic heterocycles. The Bertz CT molecular complexity index is 622. The molecule has 1 aliphatic rings. The fourth-order valence-electron chi connectivity index (χ4n) is 2.63. The van der Waals surface area contributed by atoms with E-state index < -0.39 is 5.97 Å². The van der Waals surface area contributed by atoms with Crippen LogP contribution in [0.2, 0.25) is 0 Å². The summed E-state index contributed by atoms with van der Waals surface area (Å²) in [5.74, 6) is 0.555. The summed E-state index contributed by atoms with van der Waals surface area (Å²) >= 11 is 1.91. The monoisotopic (exact) mass is 305 g/mol. The van der Waals surface area contributed by atoms with Gasteiger partial charge in [-0.1, -0.05) is 0 Å². The minimum atomic E-state index is -0.442. The highest BCUT2D eigenvalue weighted by atomic mass is 32.1. The number of rotatable bonds is 5. The minimum absolute atomic E-state index is 0.0559. The van der Waals surface area contributed by atoms with Crippen molar-refractivity contribution < 1.29 is 13.9 Å². The molecule has 0 bridgehead atoms. The van der Waals surface area contributed by atoms with Gasteiger partial charge in [0, 0.05) is 16.3 Å². The second-order valence-electron chi connectivity index (χ2n) is 5.31. The van der Waals surface area contributed by atoms with Gasteiger partial charge in [-0.3, -0.25) is 0 Å². The predicted octanol–water partition coefficient (Wildman–Crippen LogP) is 3.47. The van der Waals surface area contributed by atoms with E-state index in [1.165, 1.54) is 36.8 Å². The number of aryl methyl sites for hydroxylation is 2. The van der Waals surface area contributed by atoms with Gasteiger partial charge >= 0.3 is 5.97 Å². The van der Waals surface area contributed by atoms with E-state index in [2.05, 4.69) is 16.1 Å². The number of ether oxygens (including phenoxy) is 1. The van der Waals surface area contributed by atoms with Gasteiger partial charge in [0.2, 0.25) is 5.76 Å². The first-order chi connectivity index (χ1) is 10.2. The number of methoxy groups -OCH3 is 1. The molecule has 1 atom stereocenters. The van der Waals surface area contributed by atoms with Crippen molar-refractivity contribution in [1.82, 2.24) is 5.32 Å². The van der Waals surface area contributed by atoms with Crippen LogP contribution in [-0.2, 0) is 24.1 Å². The molecule has 1 aliphatic carbocycles. The first-order valence-electron chi connectivity index (χ1n) is 7.19. The molecule has 0 radical (unpaired) electrons. The smallest absolute Gasteiger partial charge is 0.373 e. The summed E-state index contributed by atoms with van der Waals surface area (Å²) in [5.41, 5.74) is 1.52. The highest BCUT2D eigenvalue weighted by Crippen LogP contribution is 2.30. The Balaban J connectivity index is 1.59. The zero-order chi connectivity index (χ0) is 14.8. The SMILES string of the molecule is COC(=O)c1ccc(C(C)NCc2cc3c(s2)CCC3)o1. The lowest BCUT2D eigenvalue weighted by atomic mass is 10.2. The summed E-state index contributed by atoms with van der Waals surface area (Å²) in [6.45, 7) is 2.86. The van der Waals surface area contributed by atoms with E-state index in [9.17, 15) is 4.79 Å². The third-order valence-electron chi connectivity index (χ3n) is 3.82. The summed E-state index contributed by atoms with van der Waals surface area (Å²) in [6, 6.07) is 5.84. The molecular formula is C16H19NO3S. The zero-order valence-electron chi connectivity index (χ0n) is 12.3. The molecule has 1 N–H and O–H groups in total. The number of nitrogens with one attached hydrogen (secondary N) is 1. The highest BCUT2D eigenvalue weighted by Gasteiger charge is 2.17. The average Bonchev–Trinajstić information content (AvgIpc) is 3.18. The van der Waals surface area contributed by atoms with Crippen molar-refractivity contribution in [3.63, 3.8) is 0 Å². The van der Waals surface area contributed by atoms with Crippen molar-refractivity contribution >= 4 is 17.3 Å². The standard InChI is InChI=1S/C16H19NO3S/c1-10(13-6-7-14(20-13)16(18)19-2)17-9-12-8-11-4-3-5-15(11)21-12/h6-8,10,17H,3-5,9H2,1-2H3. The zero-order valence-corrected chi connectivity index (χ0v) is 13.1. The van der Waals surface area contributed by atoms with Crippen molar-refractivity contribution in [3.05, 3.63) is 45.0 Å². The van der Waals surface area contributed by atoms with Crippen molar-refractivity contribution in [2.24, 2.45) is 0 Å². The van der Waals surface area contributed by atoms with Gasteiger partial charge in [0.05, 0.1) is 13.2 Å². The Kier molecular flexibility index (Phi) is 4.12. The molecule has 0 saturated heterocycles. The number of esters is 1. The molecular weight excluding hydrogens is 286 g/mol. The van der Waals surface area contributed by atoms with Gasteiger partial charge < -0.3 is 14.5 Å². The van der Waals surface area contributed by atoms with E-state index in [1.807, 2.05) is 24.3 Å². The Labute approximate surface area is 128 Å². The van der Waals surface area contributed by atoms with E-state index >= 15 is 0 Å². The van der Waals surface area contributed by atoms with E-state index in [-0.39, 0.29) is 11.8 Å². The van der Waals surface area contributed by atoms with Gasteiger partial charge in [0.25, 0.3) is 0 Å². The molecule has 0 fully saturated rings. The van der Waals surface area contributed by atoms with Crippen LogP contribution in [0.15, 0.2) is 22.6 Å². The van der Waals surface area contributed by atoms with Crippen LogP contribution < -0.4 is 5.32 Å². The molecule has 112 valence electrons. The molecule has 0 spiro atoms. The van der Waals surface area contributed by atoms with Gasteiger partial charge in [-0.15, -0.1) is 11.3 Å². The second kappa shape index (κ2) is 6.03. The number of hydrogen-bond acceptors (Lipinski definition) is 5. The fourth-order valence-corrected chi connectivity index (χ4v) is 3.84. The van der Waals surface area contributed by atoms with Crippen LogP contribution in [0.1, 0.15) is 51.0 Å². The lowest BCUT2D eigenvalue weighted by Crippen LogP contribution is -2.17. The van der Waals surface area contributed by atoms with Gasteiger partial charge in [-0.2, -0.15) is 0 Å². The summed E-state index contributed by atoms with van der Waals surface area (Å²) in [5, 5.41) is 3.44. The molecule has 4 nitrogen and oxygen atoms in total. The van der Waals surface area contributed by atoms with Crippen LogP contribution in [0.25, 0.3) is 0 Å². The molecule has 2 heterocycles. The first-order valence-corrected chi connectivity index (χ1v) is 8.01. The lowest BCUT2D eigenvalue weighted by Gasteiger charge is -2.10. The Hall–Kier alpha value is -1.59. The van der Waals surface area contributed by atoms with Crippen LogP contribution in [0.3, 0.4) is 0 Å². The molecule has 0 amide bonds. The molecule has 0 aromatic carbocycles. The van der Waals surface area contributed by atoms with Gasteiger partial charge in [0.1, 0.15) is 5.76 Å². The summed E-state index contributed by atoms with van der Waals surface area (Å²) in [7, 11) is 1.35. The van der Waals surface area contributed by atoms with Crippen molar-refractivity contribution in [3.8, 4) is 0 Å². The quantitative estimate of drug-likeness (QED) is 0.859. The molecule has 2 aromatic rings. The van der Waals surface area contributed by atoms with E-state index in [0.29, 0.717) is 0 Å². The molecule has 3 rings (SSSR count). The fraction of sp³-hybridized carbons (Fsp3) is 0.438. The maximum atomic E-state index is 11.4. The minimum Gasteiger partial charge on any atom is -0.463 e. The number of thiophene rings is 1. The van der Waals surface area contributed by atoms with Crippen LogP contribution in [0.4, 0.5) is 0 Å². The maximum absolute atomic E-state index is 11.4. The van der Waals surface area contributed by atoms with Crippen LogP contribution in [0.5, 0.6) is 0 Å². The second-order valence-corrected chi connectivity index (χ2v) is 6.53. The van der Waals surface area contributed by atoms with E-state index in [4.69, 9.17) is 4.42 Å². The molecule has 2 aromatic heterocycles. The Morgan fingerprint density at radius 3 is 3.10 bits per heavy atom. The molecule has 0 saturated carbocycles. The third-order valence-corrected chi connectivity index (χ3v) is 5.06. The summed E-state index contributed by atoms with van der Waals surface area (Å²) in [6.07, 6.45) is 3.76. The molecule has 21 heavy (non-hydrogen) atoms. The maximum Gasteiger partial charge on any atom is 0.373 e. The normalized spacial score (nSPS) is 15.0. The van der Waals surface area contributed by atoms with Gasteiger partial charge in [-0.05, 0) is 49.9 Å². The van der Waals surface area contributed by atoms with Crippen LogP contribution in [-0.4, -0.2) is 13.1 Å². The third kappa shape index (κ3) is 3.04. The lowest BCUT2D eigenvalue weighted by molar-refractivity contribution is 0.0562. The summed E-state index contributed by atoms with van der Waals surface area (Å²) in [4.78, 5) is 14.3. The van der Waals surface area contributed by atoms with E-state index in [1.54, 1.807) is 10.9 Å². The largest absolute Gasteiger partial charge is 0.463 e. The molecule has 5 heteroatoms. The van der Waals surface area contributed by atoms with Gasteiger partial charge in [0.15, 0.2) is 0 Å². The first kappa shape index (κ1) is 14.4. The number of hydrogen-bond donors (Lipinski definition) is 1. The molecule has 1 unspecified atom stereocenters. The van der Waals surface area contributed by atoms with Crippen molar-refractivity contribution in [2.75, 3.05) is 7.11 Å². The average molecular weight is 305 g/mol. The van der Waals surface area contributed by atoms with Crippen molar-refractivity contribution in [1.29, 1.82) is 0 Å².